The molecule has 0 unspecified atom stereocenters. The second-order valence-electron chi connectivity index (χ2n) is 13.6. The Hall–Kier alpha value is -1.11. The predicted molar refractivity (Wildman–Crippen MR) is 137 cm³/mol. The summed E-state index contributed by atoms with van der Waals surface area (Å²) in [5.41, 5.74) is 5.68. The van der Waals surface area contributed by atoms with Gasteiger partial charge in [0.25, 0.3) is 0 Å². The van der Waals surface area contributed by atoms with Gasteiger partial charge in [-0.15, -0.1) is 0 Å². The Morgan fingerprint density at radius 2 is 1.12 bits per heavy atom. The largest absolute Gasteiger partial charge is 0.289 e. The number of allylic oxidation sites excluding steroid dienone is 6. The zero-order valence-corrected chi connectivity index (χ0v) is 21.9. The van der Waals surface area contributed by atoms with Gasteiger partial charge < -0.3 is 0 Å². The molecule has 0 amide bonds. The Morgan fingerprint density at radius 3 is 1.56 bits per heavy atom. The normalized spacial score (nSPS) is 26.4. The van der Waals surface area contributed by atoms with Crippen LogP contribution in [0.3, 0.4) is 0 Å². The molecule has 0 N–H and O–H groups in total. The van der Waals surface area contributed by atoms with E-state index in [0.29, 0.717) is 5.78 Å². The van der Waals surface area contributed by atoms with Crippen LogP contribution in [0.4, 0.5) is 0 Å². The third kappa shape index (κ3) is 4.88. The quantitative estimate of drug-likeness (QED) is 0.394. The highest BCUT2D eigenvalue weighted by Gasteiger charge is 2.44. The van der Waals surface area contributed by atoms with E-state index < -0.39 is 0 Å². The monoisotopic (exact) mass is 436 g/mol. The van der Waals surface area contributed by atoms with E-state index in [1.54, 1.807) is 0 Å². The van der Waals surface area contributed by atoms with E-state index in [1.807, 2.05) is 11.1 Å². The molecule has 0 aromatic carbocycles. The molecule has 0 aromatic heterocycles. The molecule has 2 fully saturated rings. The molecule has 32 heavy (non-hydrogen) atoms. The summed E-state index contributed by atoms with van der Waals surface area (Å²) >= 11 is 0. The lowest BCUT2D eigenvalue weighted by Crippen LogP contribution is -2.36. The van der Waals surface area contributed by atoms with Crippen molar-refractivity contribution in [3.63, 3.8) is 0 Å². The van der Waals surface area contributed by atoms with Gasteiger partial charge in [0.1, 0.15) is 0 Å². The smallest absolute Gasteiger partial charge is 0.185 e. The predicted octanol–water partition coefficient (Wildman–Crippen LogP) is 9.14. The molecule has 0 radical (unpaired) electrons. The second-order valence-corrected chi connectivity index (χ2v) is 13.6. The molecule has 2 saturated carbocycles. The van der Waals surface area contributed by atoms with Crippen LogP contribution in [0.25, 0.3) is 0 Å². The molecule has 0 aromatic rings. The number of hydrogen-bond donors (Lipinski definition) is 0. The highest BCUT2D eigenvalue weighted by atomic mass is 16.1. The molecule has 1 heteroatoms. The molecule has 0 bridgehead atoms. The Labute approximate surface area is 198 Å². The van der Waals surface area contributed by atoms with Crippen LogP contribution >= 0.6 is 0 Å². The van der Waals surface area contributed by atoms with Gasteiger partial charge in [-0.3, -0.25) is 4.79 Å². The van der Waals surface area contributed by atoms with Gasteiger partial charge in [-0.2, -0.15) is 0 Å². The summed E-state index contributed by atoms with van der Waals surface area (Å²) in [5, 5.41) is 0. The van der Waals surface area contributed by atoms with Gasteiger partial charge in [0.2, 0.25) is 0 Å². The average molecular weight is 437 g/mol. The van der Waals surface area contributed by atoms with Gasteiger partial charge in [0.15, 0.2) is 5.78 Å². The molecule has 4 aliphatic carbocycles. The summed E-state index contributed by atoms with van der Waals surface area (Å²) in [7, 11) is 0. The van der Waals surface area contributed by atoms with Crippen LogP contribution < -0.4 is 0 Å². The Morgan fingerprint density at radius 1 is 0.688 bits per heavy atom. The Kier molecular flexibility index (Phi) is 6.70. The van der Waals surface area contributed by atoms with Crippen molar-refractivity contribution in [2.24, 2.45) is 28.1 Å². The van der Waals surface area contributed by atoms with Crippen molar-refractivity contribution < 1.29 is 4.79 Å². The zero-order chi connectivity index (χ0) is 23.1. The first-order valence-electron chi connectivity index (χ1n) is 13.7. The lowest BCUT2D eigenvalue weighted by Gasteiger charge is -2.45. The van der Waals surface area contributed by atoms with Crippen molar-refractivity contribution in [3.8, 4) is 0 Å². The minimum absolute atomic E-state index is 0.0457. The Balaban J connectivity index is 1.78. The fourth-order valence-corrected chi connectivity index (χ4v) is 7.11. The maximum absolute atomic E-state index is 13.6. The van der Waals surface area contributed by atoms with E-state index in [0.717, 1.165) is 23.0 Å². The summed E-state index contributed by atoms with van der Waals surface area (Å²) in [6.45, 7) is 13.4. The van der Waals surface area contributed by atoms with Gasteiger partial charge in [-0.1, -0.05) is 103 Å². The van der Waals surface area contributed by atoms with E-state index in [9.17, 15) is 4.79 Å². The average Bonchev–Trinajstić information content (AvgIpc) is 2.75. The maximum Gasteiger partial charge on any atom is 0.185 e. The second kappa shape index (κ2) is 8.92. The zero-order valence-electron chi connectivity index (χ0n) is 21.9. The van der Waals surface area contributed by atoms with E-state index in [-0.39, 0.29) is 16.2 Å². The molecule has 0 heterocycles. The van der Waals surface area contributed by atoms with Crippen molar-refractivity contribution in [2.45, 2.75) is 125 Å². The first-order chi connectivity index (χ1) is 15.0. The fraction of sp³-hybridized carbons (Fsp3) is 0.774. The minimum atomic E-state index is -0.104. The van der Waals surface area contributed by atoms with Gasteiger partial charge in [-0.25, -0.2) is 0 Å². The van der Waals surface area contributed by atoms with Crippen molar-refractivity contribution in [1.82, 2.24) is 0 Å². The summed E-state index contributed by atoms with van der Waals surface area (Å²) < 4.78 is 0. The van der Waals surface area contributed by atoms with E-state index in [2.05, 4.69) is 53.7 Å². The molecular formula is C31H48O. The molecule has 1 spiro atoms. The molecule has 0 saturated heterocycles. The van der Waals surface area contributed by atoms with Crippen LogP contribution in [0, 0.1) is 28.1 Å². The van der Waals surface area contributed by atoms with Gasteiger partial charge in [0, 0.05) is 16.6 Å². The summed E-state index contributed by atoms with van der Waals surface area (Å²) in [6, 6.07) is 0. The summed E-state index contributed by atoms with van der Waals surface area (Å²) in [5.74, 6) is 1.95. The maximum atomic E-state index is 13.6. The number of rotatable bonds is 2. The van der Waals surface area contributed by atoms with Gasteiger partial charge >= 0.3 is 0 Å². The first kappa shape index (κ1) is 24.0. The SMILES string of the molecule is CC(C)(C)C1=CC2(C=C(C(C)(C)C)C1=O)CCC(C1CCCCC1)=C(C1CCCCC1)C2. The number of carbonyl (C=O) groups excluding carboxylic acids is 1. The third-order valence-electron chi connectivity index (χ3n) is 8.96. The van der Waals surface area contributed by atoms with Gasteiger partial charge in [0.05, 0.1) is 0 Å². The molecule has 1 nitrogen and oxygen atoms in total. The van der Waals surface area contributed by atoms with E-state index in [4.69, 9.17) is 0 Å². The topological polar surface area (TPSA) is 17.1 Å². The van der Waals surface area contributed by atoms with Crippen LogP contribution in [0.2, 0.25) is 0 Å². The lowest BCUT2D eigenvalue weighted by molar-refractivity contribution is -0.114. The van der Waals surface area contributed by atoms with Crippen molar-refractivity contribution in [2.75, 3.05) is 0 Å². The molecule has 178 valence electrons. The highest BCUT2D eigenvalue weighted by molar-refractivity contribution is 6.11. The number of Topliss-reactive ketones (excluding diaryl/α,β-unsaturated/α-hetero) is 1. The van der Waals surface area contributed by atoms with Crippen molar-refractivity contribution in [3.05, 3.63) is 34.4 Å². The highest BCUT2D eigenvalue weighted by Crippen LogP contribution is 2.54. The summed E-state index contributed by atoms with van der Waals surface area (Å²) in [6.07, 6.45) is 22.7. The van der Waals surface area contributed by atoms with Crippen LogP contribution in [-0.4, -0.2) is 5.78 Å². The van der Waals surface area contributed by atoms with Gasteiger partial charge in [-0.05, 0) is 67.6 Å². The Bertz CT molecular complexity index is 773. The molecule has 0 atom stereocenters. The van der Waals surface area contributed by atoms with E-state index in [1.165, 1.54) is 83.5 Å². The number of carbonyl (C=O) groups is 1. The third-order valence-corrected chi connectivity index (χ3v) is 8.96. The molecule has 4 aliphatic rings. The number of ketones is 1. The van der Waals surface area contributed by atoms with Crippen LogP contribution in [0.15, 0.2) is 34.4 Å². The molecule has 4 rings (SSSR count). The van der Waals surface area contributed by atoms with Crippen LogP contribution in [-0.2, 0) is 4.79 Å². The molecular weight excluding hydrogens is 388 g/mol. The standard InChI is InChI=1S/C31H48O/c1-29(2,3)26-20-31(21-27(28(26)32)30(4,5)6)18-17-24(22-13-9-7-10-14-22)25(19-31)23-15-11-8-12-16-23/h20-23H,7-19H2,1-6H3. The minimum Gasteiger partial charge on any atom is -0.289 e. The van der Waals surface area contributed by atoms with Crippen molar-refractivity contribution in [1.29, 1.82) is 0 Å². The lowest BCUT2D eigenvalue weighted by atomic mass is 9.58. The summed E-state index contributed by atoms with van der Waals surface area (Å²) in [4.78, 5) is 13.6. The fourth-order valence-electron chi connectivity index (χ4n) is 7.11. The molecule has 0 aliphatic heterocycles. The van der Waals surface area contributed by atoms with Crippen LogP contribution in [0.5, 0.6) is 0 Å². The van der Waals surface area contributed by atoms with E-state index >= 15 is 0 Å². The number of hydrogen-bond acceptors (Lipinski definition) is 1. The van der Waals surface area contributed by atoms with Crippen molar-refractivity contribution >= 4 is 5.78 Å². The first-order valence-corrected chi connectivity index (χ1v) is 13.7. The van der Waals surface area contributed by atoms with Crippen LogP contribution in [0.1, 0.15) is 125 Å².